The van der Waals surface area contributed by atoms with Gasteiger partial charge in [0.2, 0.25) is 0 Å². The van der Waals surface area contributed by atoms with E-state index >= 15 is 0 Å². The Morgan fingerprint density at radius 3 is 2.24 bits per heavy atom. The van der Waals surface area contributed by atoms with Crippen LogP contribution in [0.25, 0.3) is 0 Å². The van der Waals surface area contributed by atoms with Crippen molar-refractivity contribution in [2.24, 2.45) is 0 Å². The van der Waals surface area contributed by atoms with Crippen molar-refractivity contribution in [3.63, 3.8) is 0 Å². The summed E-state index contributed by atoms with van der Waals surface area (Å²) in [5.41, 5.74) is 1.25. The molecule has 25 heavy (non-hydrogen) atoms. The van der Waals surface area contributed by atoms with Crippen LogP contribution in [0.5, 0.6) is 11.5 Å². The van der Waals surface area contributed by atoms with Gasteiger partial charge in [-0.3, -0.25) is 0 Å². The summed E-state index contributed by atoms with van der Waals surface area (Å²) in [6, 6.07) is 11.5. The SMILES string of the molecule is ClC(Cl)=CCOc1cc(Cl)c(OCCCc2ccc(Br)cc2)c(Cl)c1. The molecule has 0 aliphatic carbocycles. The third-order valence-corrected chi connectivity index (χ3v) is 4.63. The van der Waals surface area contributed by atoms with Gasteiger partial charge in [0, 0.05) is 16.6 Å². The van der Waals surface area contributed by atoms with Gasteiger partial charge in [0.05, 0.1) is 16.7 Å². The summed E-state index contributed by atoms with van der Waals surface area (Å²) in [5.74, 6) is 0.973. The van der Waals surface area contributed by atoms with Crippen LogP contribution in [0.4, 0.5) is 0 Å². The molecule has 7 heteroatoms. The van der Waals surface area contributed by atoms with Crippen LogP contribution in [0, 0.1) is 0 Å². The largest absolute Gasteiger partial charge is 0.490 e. The number of halogens is 5. The lowest BCUT2D eigenvalue weighted by Crippen LogP contribution is -2.01. The Bertz CT molecular complexity index is 705. The Labute approximate surface area is 175 Å². The average Bonchev–Trinajstić information content (AvgIpc) is 2.55. The fraction of sp³-hybridized carbons (Fsp3) is 0.222. The van der Waals surface area contributed by atoms with Crippen molar-refractivity contribution in [2.75, 3.05) is 13.2 Å². The van der Waals surface area contributed by atoms with Gasteiger partial charge >= 0.3 is 0 Å². The Morgan fingerprint density at radius 1 is 1.00 bits per heavy atom. The van der Waals surface area contributed by atoms with Crippen molar-refractivity contribution < 1.29 is 9.47 Å². The molecule has 2 aromatic rings. The van der Waals surface area contributed by atoms with Gasteiger partial charge in [-0.1, -0.05) is 74.5 Å². The van der Waals surface area contributed by atoms with Crippen molar-refractivity contribution >= 4 is 62.3 Å². The van der Waals surface area contributed by atoms with Gasteiger partial charge in [0.15, 0.2) is 5.75 Å². The van der Waals surface area contributed by atoms with E-state index in [1.165, 1.54) is 11.6 Å². The highest BCUT2D eigenvalue weighted by Gasteiger charge is 2.10. The highest BCUT2D eigenvalue weighted by Crippen LogP contribution is 2.37. The smallest absolute Gasteiger partial charge is 0.156 e. The van der Waals surface area contributed by atoms with E-state index in [4.69, 9.17) is 55.9 Å². The van der Waals surface area contributed by atoms with E-state index in [9.17, 15) is 0 Å². The van der Waals surface area contributed by atoms with Crippen LogP contribution in [0.1, 0.15) is 12.0 Å². The molecule has 0 atom stereocenters. The van der Waals surface area contributed by atoms with E-state index < -0.39 is 0 Å². The lowest BCUT2D eigenvalue weighted by Gasteiger charge is -2.12. The van der Waals surface area contributed by atoms with Gasteiger partial charge in [0.1, 0.15) is 16.8 Å². The van der Waals surface area contributed by atoms with Crippen LogP contribution in [0.15, 0.2) is 51.4 Å². The van der Waals surface area contributed by atoms with Crippen LogP contribution < -0.4 is 9.47 Å². The molecular formula is C18H15BrCl4O2. The van der Waals surface area contributed by atoms with E-state index in [1.807, 2.05) is 12.1 Å². The van der Waals surface area contributed by atoms with E-state index in [-0.39, 0.29) is 11.1 Å². The minimum atomic E-state index is 0.142. The summed E-state index contributed by atoms with van der Waals surface area (Å²) in [6.07, 6.45) is 3.29. The number of hydrogen-bond donors (Lipinski definition) is 0. The van der Waals surface area contributed by atoms with Gasteiger partial charge in [0.25, 0.3) is 0 Å². The maximum absolute atomic E-state index is 6.23. The molecule has 0 unspecified atom stereocenters. The van der Waals surface area contributed by atoms with Crippen LogP contribution >= 0.6 is 62.3 Å². The van der Waals surface area contributed by atoms with Crippen molar-refractivity contribution in [1.82, 2.24) is 0 Å². The quantitative estimate of drug-likeness (QED) is 0.362. The first kappa shape index (κ1) is 20.7. The average molecular weight is 485 g/mol. The van der Waals surface area contributed by atoms with E-state index in [0.29, 0.717) is 28.2 Å². The summed E-state index contributed by atoms with van der Waals surface area (Å²) in [6.45, 7) is 0.739. The molecule has 2 rings (SSSR count). The molecule has 0 aromatic heterocycles. The Balaban J connectivity index is 1.86. The maximum atomic E-state index is 6.23. The van der Waals surface area contributed by atoms with Crippen LogP contribution in [0.2, 0.25) is 10.0 Å². The van der Waals surface area contributed by atoms with Gasteiger partial charge in [-0.05, 0) is 36.6 Å². The fourth-order valence-corrected chi connectivity index (χ4v) is 3.03. The molecule has 0 aliphatic rings. The molecule has 0 amide bonds. The first-order chi connectivity index (χ1) is 12.0. The summed E-state index contributed by atoms with van der Waals surface area (Å²) < 4.78 is 12.4. The number of hydrogen-bond acceptors (Lipinski definition) is 2. The normalized spacial score (nSPS) is 10.4. The predicted octanol–water partition coefficient (Wildman–Crippen LogP) is 7.47. The third kappa shape index (κ3) is 7.28. The highest BCUT2D eigenvalue weighted by atomic mass is 79.9. The molecule has 0 aliphatic heterocycles. The molecule has 134 valence electrons. The van der Waals surface area contributed by atoms with Crippen molar-refractivity contribution in [2.45, 2.75) is 12.8 Å². The number of rotatable bonds is 8. The number of benzene rings is 2. The molecule has 0 radical (unpaired) electrons. The minimum absolute atomic E-state index is 0.142. The molecular weight excluding hydrogens is 470 g/mol. The second-order valence-corrected chi connectivity index (χ2v) is 7.84. The van der Waals surface area contributed by atoms with Crippen LogP contribution in [-0.2, 0) is 6.42 Å². The van der Waals surface area contributed by atoms with Gasteiger partial charge in [-0.2, -0.15) is 0 Å². The molecule has 0 bridgehead atoms. The lowest BCUT2D eigenvalue weighted by molar-refractivity contribution is 0.310. The summed E-state index contributed by atoms with van der Waals surface area (Å²) in [5, 5.41) is 0.791. The van der Waals surface area contributed by atoms with Gasteiger partial charge in [-0.25, -0.2) is 0 Å². The number of ether oxygens (including phenoxy) is 2. The zero-order valence-corrected chi connectivity index (χ0v) is 17.7. The highest BCUT2D eigenvalue weighted by molar-refractivity contribution is 9.10. The minimum Gasteiger partial charge on any atom is -0.490 e. The Kier molecular flexibility index (Phi) is 8.74. The standard InChI is InChI=1S/C18H15BrCl4O2/c19-13-5-3-12(4-6-13)2-1-8-25-18-15(20)10-14(11-16(18)21)24-9-7-17(22)23/h3-7,10-11H,1-2,8-9H2. The number of aryl methyl sites for hydroxylation is 1. The van der Waals surface area contributed by atoms with E-state index in [0.717, 1.165) is 17.3 Å². The topological polar surface area (TPSA) is 18.5 Å². The summed E-state index contributed by atoms with van der Waals surface area (Å²) in [4.78, 5) is 0. The Morgan fingerprint density at radius 2 is 1.64 bits per heavy atom. The fourth-order valence-electron chi connectivity index (χ4n) is 2.06. The molecule has 0 fully saturated rings. The van der Waals surface area contributed by atoms with Crippen molar-refractivity contribution in [1.29, 1.82) is 0 Å². The summed E-state index contributed by atoms with van der Waals surface area (Å²) in [7, 11) is 0. The van der Waals surface area contributed by atoms with Crippen LogP contribution in [0.3, 0.4) is 0 Å². The maximum Gasteiger partial charge on any atom is 0.156 e. The van der Waals surface area contributed by atoms with Gasteiger partial charge < -0.3 is 9.47 Å². The van der Waals surface area contributed by atoms with Crippen LogP contribution in [-0.4, -0.2) is 13.2 Å². The predicted molar refractivity (Wildman–Crippen MR) is 110 cm³/mol. The molecule has 0 heterocycles. The van der Waals surface area contributed by atoms with E-state index in [1.54, 1.807) is 12.1 Å². The second kappa shape index (κ2) is 10.5. The molecule has 0 spiro atoms. The van der Waals surface area contributed by atoms with Gasteiger partial charge in [-0.15, -0.1) is 0 Å². The molecule has 2 aromatic carbocycles. The first-order valence-electron chi connectivity index (χ1n) is 7.46. The summed E-state index contributed by atoms with van der Waals surface area (Å²) >= 11 is 26.9. The zero-order valence-electron chi connectivity index (χ0n) is 13.1. The van der Waals surface area contributed by atoms with E-state index in [2.05, 4.69) is 28.1 Å². The van der Waals surface area contributed by atoms with Crippen molar-refractivity contribution in [3.8, 4) is 11.5 Å². The monoisotopic (exact) mass is 482 g/mol. The molecule has 0 saturated heterocycles. The first-order valence-corrected chi connectivity index (χ1v) is 9.76. The Hall–Kier alpha value is -0.580. The lowest BCUT2D eigenvalue weighted by atomic mass is 10.1. The zero-order chi connectivity index (χ0) is 18.2. The van der Waals surface area contributed by atoms with Crippen molar-refractivity contribution in [3.05, 3.63) is 67.0 Å². The second-order valence-electron chi connectivity index (χ2n) is 5.10. The molecule has 0 N–H and O–H groups in total. The molecule has 2 nitrogen and oxygen atoms in total. The third-order valence-electron chi connectivity index (χ3n) is 3.23. The molecule has 0 saturated carbocycles.